The van der Waals surface area contributed by atoms with Gasteiger partial charge in [-0.3, -0.25) is 4.79 Å². The molecular weight excluding hydrogens is 214 g/mol. The third kappa shape index (κ3) is 3.66. The fourth-order valence-electron chi connectivity index (χ4n) is 1.38. The lowest BCUT2D eigenvalue weighted by molar-refractivity contribution is 0.100. The van der Waals surface area contributed by atoms with Gasteiger partial charge in [0.2, 0.25) is 0 Å². The van der Waals surface area contributed by atoms with Gasteiger partial charge in [0.1, 0.15) is 0 Å². The lowest BCUT2D eigenvalue weighted by Gasteiger charge is -2.24. The second-order valence-corrected chi connectivity index (χ2v) is 5.04. The average Bonchev–Trinajstić information content (AvgIpc) is 2.27. The molecule has 0 aromatic heterocycles. The minimum Gasteiger partial charge on any atom is -0.399 e. The fourth-order valence-corrected chi connectivity index (χ4v) is 1.38. The van der Waals surface area contributed by atoms with E-state index in [1.165, 1.54) is 0 Å². The third-order valence-corrected chi connectivity index (χ3v) is 3.02. The van der Waals surface area contributed by atoms with Crippen molar-refractivity contribution in [2.75, 3.05) is 17.6 Å². The smallest absolute Gasteiger partial charge is 0.250 e. The van der Waals surface area contributed by atoms with E-state index >= 15 is 0 Å². The Bertz CT molecular complexity index is 413. The Morgan fingerprint density at radius 3 is 2.59 bits per heavy atom. The molecule has 0 aliphatic heterocycles. The Morgan fingerprint density at radius 1 is 1.41 bits per heavy atom. The van der Waals surface area contributed by atoms with Crippen LogP contribution in [0.15, 0.2) is 18.2 Å². The minimum atomic E-state index is -0.464. The summed E-state index contributed by atoms with van der Waals surface area (Å²) in [5, 5.41) is 3.26. The quantitative estimate of drug-likeness (QED) is 0.684. The van der Waals surface area contributed by atoms with Gasteiger partial charge < -0.3 is 16.8 Å². The number of hydrogen-bond acceptors (Lipinski definition) is 3. The maximum atomic E-state index is 11.3. The Labute approximate surface area is 102 Å². The van der Waals surface area contributed by atoms with Crippen LogP contribution in [-0.4, -0.2) is 12.5 Å². The third-order valence-electron chi connectivity index (χ3n) is 3.02. The van der Waals surface area contributed by atoms with Crippen LogP contribution < -0.4 is 16.8 Å². The summed E-state index contributed by atoms with van der Waals surface area (Å²) in [6, 6.07) is 5.15. The molecule has 5 N–H and O–H groups in total. The molecule has 0 atom stereocenters. The van der Waals surface area contributed by atoms with Gasteiger partial charge in [-0.25, -0.2) is 0 Å². The molecule has 0 radical (unpaired) electrons. The molecule has 0 spiro atoms. The SMILES string of the molecule is CCC(C)(C)CNc1ccc(N)cc1C(N)=O. The zero-order chi connectivity index (χ0) is 13.1. The lowest BCUT2D eigenvalue weighted by Crippen LogP contribution is -2.24. The summed E-state index contributed by atoms with van der Waals surface area (Å²) in [7, 11) is 0. The van der Waals surface area contributed by atoms with E-state index in [-0.39, 0.29) is 5.41 Å². The molecule has 0 bridgehead atoms. The van der Waals surface area contributed by atoms with Crippen molar-refractivity contribution < 1.29 is 4.79 Å². The van der Waals surface area contributed by atoms with Crippen LogP contribution in [0.1, 0.15) is 37.6 Å². The van der Waals surface area contributed by atoms with E-state index in [4.69, 9.17) is 11.5 Å². The molecule has 0 saturated carbocycles. The predicted octanol–water partition coefficient (Wildman–Crippen LogP) is 2.22. The van der Waals surface area contributed by atoms with Gasteiger partial charge >= 0.3 is 0 Å². The minimum absolute atomic E-state index is 0.177. The van der Waals surface area contributed by atoms with Gasteiger partial charge in [-0.15, -0.1) is 0 Å². The normalized spacial score (nSPS) is 11.2. The number of hydrogen-bond donors (Lipinski definition) is 3. The zero-order valence-electron chi connectivity index (χ0n) is 10.7. The lowest BCUT2D eigenvalue weighted by atomic mass is 9.90. The van der Waals surface area contributed by atoms with Crippen LogP contribution in [0.2, 0.25) is 0 Å². The summed E-state index contributed by atoms with van der Waals surface area (Å²) in [6.45, 7) is 7.26. The van der Waals surface area contributed by atoms with E-state index in [1.54, 1.807) is 18.2 Å². The highest BCUT2D eigenvalue weighted by Gasteiger charge is 2.16. The first-order valence-corrected chi connectivity index (χ1v) is 5.79. The second-order valence-electron chi connectivity index (χ2n) is 5.04. The van der Waals surface area contributed by atoms with Gasteiger partial charge in [0, 0.05) is 17.9 Å². The van der Waals surface area contributed by atoms with Crippen molar-refractivity contribution in [1.82, 2.24) is 0 Å². The summed E-state index contributed by atoms with van der Waals surface area (Å²) in [4.78, 5) is 11.3. The van der Waals surface area contributed by atoms with Crippen molar-refractivity contribution in [1.29, 1.82) is 0 Å². The molecule has 0 aliphatic carbocycles. The number of anilines is 2. The first-order valence-electron chi connectivity index (χ1n) is 5.79. The van der Waals surface area contributed by atoms with Crippen LogP contribution in [0.5, 0.6) is 0 Å². The van der Waals surface area contributed by atoms with Crippen LogP contribution in [-0.2, 0) is 0 Å². The molecule has 94 valence electrons. The van der Waals surface area contributed by atoms with E-state index < -0.39 is 5.91 Å². The summed E-state index contributed by atoms with van der Waals surface area (Å²) >= 11 is 0. The van der Waals surface area contributed by atoms with E-state index in [0.717, 1.165) is 18.7 Å². The molecule has 0 saturated heterocycles. The standard InChI is InChI=1S/C13H21N3O/c1-4-13(2,3)8-16-11-6-5-9(14)7-10(11)12(15)17/h5-7,16H,4,8,14H2,1-3H3,(H2,15,17). The maximum absolute atomic E-state index is 11.3. The Kier molecular flexibility index (Phi) is 3.99. The van der Waals surface area contributed by atoms with Crippen molar-refractivity contribution in [3.8, 4) is 0 Å². The van der Waals surface area contributed by atoms with Crippen molar-refractivity contribution in [2.45, 2.75) is 27.2 Å². The number of amides is 1. The molecule has 1 aromatic carbocycles. The molecule has 1 amide bonds. The highest BCUT2D eigenvalue weighted by molar-refractivity contribution is 5.99. The molecular formula is C13H21N3O. The van der Waals surface area contributed by atoms with Crippen molar-refractivity contribution in [2.24, 2.45) is 11.1 Å². The summed E-state index contributed by atoms with van der Waals surface area (Å²) in [6.07, 6.45) is 1.06. The van der Waals surface area contributed by atoms with E-state index in [2.05, 4.69) is 26.1 Å². The number of nitrogens with two attached hydrogens (primary N) is 2. The van der Waals surface area contributed by atoms with Gasteiger partial charge in [0.15, 0.2) is 0 Å². The van der Waals surface area contributed by atoms with Crippen molar-refractivity contribution >= 4 is 17.3 Å². The fraction of sp³-hybridized carbons (Fsp3) is 0.462. The van der Waals surface area contributed by atoms with Crippen LogP contribution in [0.4, 0.5) is 11.4 Å². The van der Waals surface area contributed by atoms with E-state index in [0.29, 0.717) is 11.3 Å². The highest BCUT2D eigenvalue weighted by Crippen LogP contribution is 2.23. The molecule has 4 heteroatoms. The van der Waals surface area contributed by atoms with Crippen molar-refractivity contribution in [3.63, 3.8) is 0 Å². The maximum Gasteiger partial charge on any atom is 0.250 e. The number of rotatable bonds is 5. The predicted molar refractivity (Wildman–Crippen MR) is 71.9 cm³/mol. The first-order chi connectivity index (χ1) is 7.85. The number of primary amides is 1. The van der Waals surface area contributed by atoms with E-state index in [1.807, 2.05) is 0 Å². The zero-order valence-corrected chi connectivity index (χ0v) is 10.7. The summed E-state index contributed by atoms with van der Waals surface area (Å²) < 4.78 is 0. The number of carbonyl (C=O) groups is 1. The van der Waals surface area contributed by atoms with Gasteiger partial charge in [-0.05, 0) is 30.0 Å². The first kappa shape index (κ1) is 13.4. The number of benzene rings is 1. The summed E-state index contributed by atoms with van der Waals surface area (Å²) in [5.74, 6) is -0.464. The van der Waals surface area contributed by atoms with E-state index in [9.17, 15) is 4.79 Å². The molecule has 17 heavy (non-hydrogen) atoms. The molecule has 0 unspecified atom stereocenters. The van der Waals surface area contributed by atoms with Crippen LogP contribution in [0, 0.1) is 5.41 Å². The monoisotopic (exact) mass is 235 g/mol. The molecule has 4 nitrogen and oxygen atoms in total. The van der Waals surface area contributed by atoms with Crippen LogP contribution >= 0.6 is 0 Å². The summed E-state index contributed by atoms with van der Waals surface area (Å²) in [5.41, 5.74) is 12.9. The van der Waals surface area contributed by atoms with Gasteiger partial charge in [-0.1, -0.05) is 20.8 Å². The van der Waals surface area contributed by atoms with Crippen LogP contribution in [0.25, 0.3) is 0 Å². The topological polar surface area (TPSA) is 81.1 Å². The molecule has 0 aliphatic rings. The Morgan fingerprint density at radius 2 is 2.06 bits per heavy atom. The van der Waals surface area contributed by atoms with Gasteiger partial charge in [0.05, 0.1) is 5.56 Å². The highest BCUT2D eigenvalue weighted by atomic mass is 16.1. The van der Waals surface area contributed by atoms with Gasteiger partial charge in [0.25, 0.3) is 5.91 Å². The molecule has 0 fully saturated rings. The van der Waals surface area contributed by atoms with Crippen molar-refractivity contribution in [3.05, 3.63) is 23.8 Å². The Hall–Kier alpha value is -1.71. The molecule has 0 heterocycles. The average molecular weight is 235 g/mol. The number of nitrogens with one attached hydrogen (secondary N) is 1. The molecule has 1 rings (SSSR count). The largest absolute Gasteiger partial charge is 0.399 e. The number of nitrogen functional groups attached to an aromatic ring is 1. The second kappa shape index (κ2) is 5.08. The van der Waals surface area contributed by atoms with Crippen LogP contribution in [0.3, 0.4) is 0 Å². The number of carbonyl (C=O) groups excluding carboxylic acids is 1. The molecule has 1 aromatic rings. The Balaban J connectivity index is 2.88. The van der Waals surface area contributed by atoms with Gasteiger partial charge in [-0.2, -0.15) is 0 Å².